The topological polar surface area (TPSA) is 39.7 Å². The van der Waals surface area contributed by atoms with Crippen molar-refractivity contribution in [2.45, 2.75) is 24.9 Å². The van der Waals surface area contributed by atoms with Crippen LogP contribution in [0.25, 0.3) is 0 Å². The molecule has 0 aliphatic carbocycles. The predicted octanol–water partition coefficient (Wildman–Crippen LogP) is 1.76. The summed E-state index contributed by atoms with van der Waals surface area (Å²) in [5.74, 6) is 2.46. The molecule has 1 atom stereocenters. The van der Waals surface area contributed by atoms with Crippen molar-refractivity contribution in [1.29, 1.82) is 0 Å². The van der Waals surface area contributed by atoms with E-state index in [0.717, 1.165) is 49.6 Å². The van der Waals surface area contributed by atoms with Gasteiger partial charge in [-0.25, -0.2) is 0 Å². The van der Waals surface area contributed by atoms with E-state index >= 15 is 0 Å². The van der Waals surface area contributed by atoms with Gasteiger partial charge in [0.25, 0.3) is 0 Å². The minimum atomic E-state index is -0.00734. The van der Waals surface area contributed by atoms with Crippen LogP contribution in [0.2, 0.25) is 0 Å². The normalized spacial score (nSPS) is 25.7. The smallest absolute Gasteiger partial charge is 0.164 e. The third-order valence-electron chi connectivity index (χ3n) is 3.95. The van der Waals surface area contributed by atoms with Crippen molar-refractivity contribution in [3.63, 3.8) is 0 Å². The number of fused-ring (bicyclic) bond motifs is 1. The minimum absolute atomic E-state index is 0.00734. The summed E-state index contributed by atoms with van der Waals surface area (Å²) in [6, 6.07) is 3.98. The highest BCUT2D eigenvalue weighted by Gasteiger charge is 2.39. The van der Waals surface area contributed by atoms with Crippen molar-refractivity contribution in [3.8, 4) is 17.2 Å². The fraction of sp³-hybridized carbons (Fsp3) is 0.571. The Morgan fingerprint density at radius 1 is 1.17 bits per heavy atom. The summed E-state index contributed by atoms with van der Waals surface area (Å²) >= 11 is 0. The molecule has 3 rings (SSSR count). The standard InChI is InChI=1S/C14H19NO3/c1-16-12-7-10-3-4-14(5-6-15-9-14)18-11(10)8-13(12)17-2/h7-8,15H,3-6,9H2,1-2H3. The number of ether oxygens (including phenoxy) is 3. The van der Waals surface area contributed by atoms with Crippen LogP contribution < -0.4 is 19.5 Å². The van der Waals surface area contributed by atoms with Crippen molar-refractivity contribution in [2.75, 3.05) is 27.3 Å². The first-order valence-corrected chi connectivity index (χ1v) is 6.41. The summed E-state index contributed by atoms with van der Waals surface area (Å²) in [4.78, 5) is 0. The van der Waals surface area contributed by atoms with Gasteiger partial charge in [-0.15, -0.1) is 0 Å². The van der Waals surface area contributed by atoms with Gasteiger partial charge in [0.05, 0.1) is 14.2 Å². The predicted molar refractivity (Wildman–Crippen MR) is 68.7 cm³/mol. The van der Waals surface area contributed by atoms with Crippen LogP contribution in [-0.4, -0.2) is 32.9 Å². The van der Waals surface area contributed by atoms with Crippen LogP contribution in [0.3, 0.4) is 0 Å². The van der Waals surface area contributed by atoms with E-state index in [-0.39, 0.29) is 5.60 Å². The van der Waals surface area contributed by atoms with Crippen molar-refractivity contribution in [1.82, 2.24) is 5.32 Å². The van der Waals surface area contributed by atoms with Crippen molar-refractivity contribution >= 4 is 0 Å². The van der Waals surface area contributed by atoms with Gasteiger partial charge in [-0.3, -0.25) is 0 Å². The van der Waals surface area contributed by atoms with Gasteiger partial charge in [0.1, 0.15) is 11.4 Å². The highest BCUT2D eigenvalue weighted by molar-refractivity contribution is 5.51. The van der Waals surface area contributed by atoms with Gasteiger partial charge in [-0.2, -0.15) is 0 Å². The molecule has 18 heavy (non-hydrogen) atoms. The maximum Gasteiger partial charge on any atom is 0.164 e. The maximum absolute atomic E-state index is 6.22. The number of nitrogens with one attached hydrogen (secondary N) is 1. The summed E-state index contributed by atoms with van der Waals surface area (Å²) in [5, 5.41) is 3.38. The molecule has 2 heterocycles. The molecule has 1 N–H and O–H groups in total. The summed E-state index contributed by atoms with van der Waals surface area (Å²) < 4.78 is 16.9. The van der Waals surface area contributed by atoms with E-state index < -0.39 is 0 Å². The van der Waals surface area contributed by atoms with Crippen LogP contribution in [0.1, 0.15) is 18.4 Å². The van der Waals surface area contributed by atoms with Gasteiger partial charge in [0.2, 0.25) is 0 Å². The van der Waals surface area contributed by atoms with Crippen molar-refractivity contribution in [2.24, 2.45) is 0 Å². The van der Waals surface area contributed by atoms with Gasteiger partial charge in [0.15, 0.2) is 11.5 Å². The van der Waals surface area contributed by atoms with Gasteiger partial charge in [-0.1, -0.05) is 0 Å². The number of aryl methyl sites for hydroxylation is 1. The third-order valence-corrected chi connectivity index (χ3v) is 3.95. The molecule has 2 aliphatic heterocycles. The number of rotatable bonds is 2. The molecule has 0 saturated carbocycles. The Labute approximate surface area is 107 Å². The maximum atomic E-state index is 6.22. The Bertz CT molecular complexity index is 453. The number of methoxy groups -OCH3 is 2. The molecule has 0 amide bonds. The molecule has 0 bridgehead atoms. The second kappa shape index (κ2) is 4.35. The molecule has 1 aromatic carbocycles. The molecule has 2 aliphatic rings. The molecule has 1 spiro atoms. The Kier molecular flexibility index (Phi) is 2.82. The summed E-state index contributed by atoms with van der Waals surface area (Å²) in [7, 11) is 3.32. The van der Waals surface area contributed by atoms with Gasteiger partial charge in [0, 0.05) is 19.0 Å². The van der Waals surface area contributed by atoms with E-state index in [1.165, 1.54) is 5.56 Å². The third kappa shape index (κ3) is 1.81. The molecular weight excluding hydrogens is 230 g/mol. The van der Waals surface area contributed by atoms with E-state index in [1.54, 1.807) is 14.2 Å². The SMILES string of the molecule is COc1cc2c(cc1OC)OC1(CCNC1)CC2. The monoisotopic (exact) mass is 249 g/mol. The van der Waals surface area contributed by atoms with Crippen molar-refractivity contribution in [3.05, 3.63) is 17.7 Å². The fourth-order valence-electron chi connectivity index (χ4n) is 2.86. The minimum Gasteiger partial charge on any atom is -0.493 e. The molecular formula is C14H19NO3. The van der Waals surface area contributed by atoms with Gasteiger partial charge < -0.3 is 19.5 Å². The molecule has 1 saturated heterocycles. The van der Waals surface area contributed by atoms with Gasteiger partial charge >= 0.3 is 0 Å². The van der Waals surface area contributed by atoms with Crippen LogP contribution in [0.15, 0.2) is 12.1 Å². The molecule has 1 fully saturated rings. The first-order valence-electron chi connectivity index (χ1n) is 6.41. The van der Waals surface area contributed by atoms with E-state index in [4.69, 9.17) is 14.2 Å². The van der Waals surface area contributed by atoms with E-state index in [9.17, 15) is 0 Å². The van der Waals surface area contributed by atoms with Crippen LogP contribution in [0.5, 0.6) is 17.2 Å². The average Bonchev–Trinajstić information content (AvgIpc) is 2.85. The number of benzene rings is 1. The number of hydrogen-bond donors (Lipinski definition) is 1. The van der Waals surface area contributed by atoms with E-state index in [1.807, 2.05) is 12.1 Å². The first kappa shape index (κ1) is 11.7. The van der Waals surface area contributed by atoms with Gasteiger partial charge in [-0.05, 0) is 31.0 Å². The Balaban J connectivity index is 1.95. The Morgan fingerprint density at radius 2 is 1.94 bits per heavy atom. The van der Waals surface area contributed by atoms with E-state index in [0.29, 0.717) is 0 Å². The first-order chi connectivity index (χ1) is 8.76. The molecule has 98 valence electrons. The molecule has 1 aromatic rings. The zero-order valence-electron chi connectivity index (χ0n) is 10.9. The lowest BCUT2D eigenvalue weighted by Gasteiger charge is -2.35. The highest BCUT2D eigenvalue weighted by atomic mass is 16.5. The molecule has 4 nitrogen and oxygen atoms in total. The van der Waals surface area contributed by atoms with E-state index in [2.05, 4.69) is 5.32 Å². The zero-order valence-corrected chi connectivity index (χ0v) is 10.9. The average molecular weight is 249 g/mol. The fourth-order valence-corrected chi connectivity index (χ4v) is 2.86. The Hall–Kier alpha value is -1.42. The van der Waals surface area contributed by atoms with Crippen LogP contribution in [0, 0.1) is 0 Å². The Morgan fingerprint density at radius 3 is 2.61 bits per heavy atom. The lowest BCUT2D eigenvalue weighted by molar-refractivity contribution is 0.0659. The molecule has 4 heteroatoms. The summed E-state index contributed by atoms with van der Waals surface area (Å²) in [5.41, 5.74) is 1.21. The molecule has 0 aromatic heterocycles. The van der Waals surface area contributed by atoms with Crippen LogP contribution >= 0.6 is 0 Å². The zero-order chi connectivity index (χ0) is 12.6. The summed E-state index contributed by atoms with van der Waals surface area (Å²) in [6.45, 7) is 1.99. The van der Waals surface area contributed by atoms with Crippen molar-refractivity contribution < 1.29 is 14.2 Å². The number of hydrogen-bond acceptors (Lipinski definition) is 4. The molecule has 1 unspecified atom stereocenters. The molecule has 0 radical (unpaired) electrons. The second-order valence-corrected chi connectivity index (χ2v) is 5.03. The van der Waals surface area contributed by atoms with Crippen LogP contribution in [-0.2, 0) is 6.42 Å². The largest absolute Gasteiger partial charge is 0.493 e. The quantitative estimate of drug-likeness (QED) is 0.867. The summed E-state index contributed by atoms with van der Waals surface area (Å²) in [6.07, 6.45) is 3.20. The lowest BCUT2D eigenvalue weighted by Crippen LogP contribution is -2.41. The highest BCUT2D eigenvalue weighted by Crippen LogP contribution is 2.42. The van der Waals surface area contributed by atoms with Crippen LogP contribution in [0.4, 0.5) is 0 Å². The lowest BCUT2D eigenvalue weighted by atomic mass is 9.90. The second-order valence-electron chi connectivity index (χ2n) is 5.03.